The molecule has 0 bridgehead atoms. The van der Waals surface area contributed by atoms with Gasteiger partial charge in [0.15, 0.2) is 0 Å². The lowest BCUT2D eigenvalue weighted by Crippen LogP contribution is -2.36. The molecule has 1 amide bonds. The van der Waals surface area contributed by atoms with Crippen molar-refractivity contribution in [2.24, 2.45) is 0 Å². The van der Waals surface area contributed by atoms with Crippen molar-refractivity contribution in [3.63, 3.8) is 0 Å². The maximum atomic E-state index is 12.2. The number of anilines is 1. The highest BCUT2D eigenvalue weighted by atomic mass is 16.5. The molecule has 0 saturated carbocycles. The minimum atomic E-state index is -0.636. The smallest absolute Gasteiger partial charge is 0.223 e. The summed E-state index contributed by atoms with van der Waals surface area (Å²) in [5, 5.41) is 13.0. The van der Waals surface area contributed by atoms with Gasteiger partial charge in [0.2, 0.25) is 5.91 Å². The first-order chi connectivity index (χ1) is 9.61. The number of amides is 1. The SMILES string of the molecule is COCC(O)CN(C)C(=O)CC1CNc2ccccc21. The third kappa shape index (κ3) is 3.49. The van der Waals surface area contributed by atoms with Gasteiger partial charge in [-0.15, -0.1) is 0 Å². The van der Waals surface area contributed by atoms with Crippen LogP contribution in [0.15, 0.2) is 24.3 Å². The molecule has 1 heterocycles. The average Bonchev–Trinajstić information content (AvgIpc) is 2.82. The number of aliphatic hydroxyl groups is 1. The monoisotopic (exact) mass is 278 g/mol. The number of benzene rings is 1. The Morgan fingerprint density at radius 3 is 3.05 bits per heavy atom. The summed E-state index contributed by atoms with van der Waals surface area (Å²) < 4.78 is 4.87. The van der Waals surface area contributed by atoms with Gasteiger partial charge in [-0.3, -0.25) is 4.79 Å². The van der Waals surface area contributed by atoms with Crippen molar-refractivity contribution >= 4 is 11.6 Å². The van der Waals surface area contributed by atoms with Crippen LogP contribution >= 0.6 is 0 Å². The number of carbonyl (C=O) groups is 1. The van der Waals surface area contributed by atoms with Gasteiger partial charge in [0.1, 0.15) is 0 Å². The standard InChI is InChI=1S/C15H22N2O3/c1-17(9-12(18)10-20-2)15(19)7-11-8-16-14-6-4-3-5-13(11)14/h3-6,11-12,16,18H,7-10H2,1-2H3. The molecule has 2 atom stereocenters. The Morgan fingerprint density at radius 2 is 2.30 bits per heavy atom. The van der Waals surface area contributed by atoms with Crippen LogP contribution in [0, 0.1) is 0 Å². The Hall–Kier alpha value is -1.59. The number of ether oxygens (including phenoxy) is 1. The van der Waals surface area contributed by atoms with Gasteiger partial charge in [0, 0.05) is 45.3 Å². The van der Waals surface area contributed by atoms with E-state index in [0.29, 0.717) is 13.0 Å². The molecule has 5 heteroatoms. The molecule has 1 aliphatic heterocycles. The summed E-state index contributed by atoms with van der Waals surface area (Å²) in [6.07, 6.45) is -0.178. The van der Waals surface area contributed by atoms with Crippen molar-refractivity contribution in [3.8, 4) is 0 Å². The molecule has 0 aliphatic carbocycles. The second-order valence-electron chi connectivity index (χ2n) is 5.25. The van der Waals surface area contributed by atoms with Crippen molar-refractivity contribution in [2.75, 3.05) is 39.2 Å². The lowest BCUT2D eigenvalue weighted by atomic mass is 9.97. The number of hydrogen-bond acceptors (Lipinski definition) is 4. The zero-order valence-electron chi connectivity index (χ0n) is 12.0. The third-order valence-electron chi connectivity index (χ3n) is 3.63. The molecule has 2 unspecified atom stereocenters. The maximum absolute atomic E-state index is 12.2. The Labute approximate surface area is 119 Å². The van der Waals surface area contributed by atoms with Crippen molar-refractivity contribution in [2.45, 2.75) is 18.4 Å². The molecular formula is C15H22N2O3. The summed E-state index contributed by atoms with van der Waals surface area (Å²) in [4.78, 5) is 13.8. The van der Waals surface area contributed by atoms with E-state index >= 15 is 0 Å². The predicted molar refractivity (Wildman–Crippen MR) is 77.8 cm³/mol. The fourth-order valence-corrected chi connectivity index (χ4v) is 2.57. The van der Waals surface area contributed by atoms with E-state index in [2.05, 4.69) is 11.4 Å². The van der Waals surface area contributed by atoms with E-state index < -0.39 is 6.10 Å². The molecule has 0 saturated heterocycles. The normalized spacial score (nSPS) is 18.2. The van der Waals surface area contributed by atoms with Crippen LogP contribution in [0.25, 0.3) is 0 Å². The highest BCUT2D eigenvalue weighted by Crippen LogP contribution is 2.33. The number of hydrogen-bond donors (Lipinski definition) is 2. The average molecular weight is 278 g/mol. The van der Waals surface area contributed by atoms with Crippen LogP contribution in [0.4, 0.5) is 5.69 Å². The van der Waals surface area contributed by atoms with Crippen LogP contribution in [0.1, 0.15) is 17.9 Å². The van der Waals surface area contributed by atoms with E-state index in [9.17, 15) is 9.90 Å². The Kier molecular flexibility index (Phi) is 4.98. The fourth-order valence-electron chi connectivity index (χ4n) is 2.57. The number of methoxy groups -OCH3 is 1. The maximum Gasteiger partial charge on any atom is 0.223 e. The van der Waals surface area contributed by atoms with Gasteiger partial charge in [-0.05, 0) is 11.6 Å². The molecule has 20 heavy (non-hydrogen) atoms. The summed E-state index contributed by atoms with van der Waals surface area (Å²) in [5.74, 6) is 0.254. The summed E-state index contributed by atoms with van der Waals surface area (Å²) in [6.45, 7) is 1.33. The number of fused-ring (bicyclic) bond motifs is 1. The number of nitrogens with zero attached hydrogens (tertiary/aromatic N) is 1. The predicted octanol–water partition coefficient (Wildman–Crippen LogP) is 1.05. The highest BCUT2D eigenvalue weighted by molar-refractivity contribution is 5.78. The number of likely N-dealkylation sites (N-methyl/N-ethyl adjacent to an activating group) is 1. The number of aliphatic hydroxyl groups excluding tert-OH is 1. The number of nitrogens with one attached hydrogen (secondary N) is 1. The molecule has 1 aliphatic rings. The van der Waals surface area contributed by atoms with Crippen LogP contribution in [0.2, 0.25) is 0 Å². The van der Waals surface area contributed by atoms with Gasteiger partial charge < -0.3 is 20.1 Å². The molecule has 0 spiro atoms. The Balaban J connectivity index is 1.89. The molecule has 5 nitrogen and oxygen atoms in total. The van der Waals surface area contributed by atoms with Gasteiger partial charge >= 0.3 is 0 Å². The van der Waals surface area contributed by atoms with Gasteiger partial charge in [-0.25, -0.2) is 0 Å². The first-order valence-corrected chi connectivity index (χ1v) is 6.85. The molecule has 2 N–H and O–H groups in total. The minimum Gasteiger partial charge on any atom is -0.389 e. The van der Waals surface area contributed by atoms with E-state index in [1.807, 2.05) is 18.2 Å². The van der Waals surface area contributed by atoms with Crippen LogP contribution in [0.5, 0.6) is 0 Å². The molecule has 0 fully saturated rings. The topological polar surface area (TPSA) is 61.8 Å². The van der Waals surface area contributed by atoms with Crippen molar-refractivity contribution < 1.29 is 14.6 Å². The van der Waals surface area contributed by atoms with E-state index in [-0.39, 0.29) is 18.4 Å². The molecule has 0 aromatic heterocycles. The second kappa shape index (κ2) is 6.72. The van der Waals surface area contributed by atoms with Crippen molar-refractivity contribution in [1.82, 2.24) is 4.90 Å². The number of rotatable bonds is 6. The summed E-state index contributed by atoms with van der Waals surface area (Å²) in [5.41, 5.74) is 2.32. The highest BCUT2D eigenvalue weighted by Gasteiger charge is 2.25. The number of carbonyl (C=O) groups excluding carboxylic acids is 1. The van der Waals surface area contributed by atoms with Gasteiger partial charge in [0.05, 0.1) is 12.7 Å². The molecule has 110 valence electrons. The number of para-hydroxylation sites is 1. The third-order valence-corrected chi connectivity index (χ3v) is 3.63. The van der Waals surface area contributed by atoms with Gasteiger partial charge in [0.25, 0.3) is 0 Å². The molecule has 2 rings (SSSR count). The largest absolute Gasteiger partial charge is 0.389 e. The zero-order chi connectivity index (χ0) is 14.5. The first kappa shape index (κ1) is 14.8. The molecule has 1 aromatic rings. The second-order valence-corrected chi connectivity index (χ2v) is 5.25. The first-order valence-electron chi connectivity index (χ1n) is 6.85. The van der Waals surface area contributed by atoms with Gasteiger partial charge in [-0.2, -0.15) is 0 Å². The summed E-state index contributed by atoms with van der Waals surface area (Å²) in [7, 11) is 3.25. The van der Waals surface area contributed by atoms with E-state index in [1.54, 1.807) is 11.9 Å². The minimum absolute atomic E-state index is 0.0451. The summed E-state index contributed by atoms with van der Waals surface area (Å²) >= 11 is 0. The zero-order valence-corrected chi connectivity index (χ0v) is 12.0. The van der Waals surface area contributed by atoms with Crippen molar-refractivity contribution in [1.29, 1.82) is 0 Å². The molecule has 1 aromatic carbocycles. The van der Waals surface area contributed by atoms with E-state index in [1.165, 1.54) is 12.7 Å². The lowest BCUT2D eigenvalue weighted by molar-refractivity contribution is -0.131. The van der Waals surface area contributed by atoms with Gasteiger partial charge in [-0.1, -0.05) is 18.2 Å². The Morgan fingerprint density at radius 1 is 1.55 bits per heavy atom. The molecule has 0 radical (unpaired) electrons. The lowest BCUT2D eigenvalue weighted by Gasteiger charge is -2.22. The van der Waals surface area contributed by atoms with Crippen LogP contribution in [-0.4, -0.2) is 55.9 Å². The molecular weight excluding hydrogens is 256 g/mol. The summed E-state index contributed by atoms with van der Waals surface area (Å²) in [6, 6.07) is 8.08. The van der Waals surface area contributed by atoms with Crippen LogP contribution in [0.3, 0.4) is 0 Å². The van der Waals surface area contributed by atoms with Crippen LogP contribution < -0.4 is 5.32 Å². The fraction of sp³-hybridized carbons (Fsp3) is 0.533. The Bertz CT molecular complexity index is 464. The van der Waals surface area contributed by atoms with E-state index in [0.717, 1.165) is 12.2 Å². The van der Waals surface area contributed by atoms with Crippen molar-refractivity contribution in [3.05, 3.63) is 29.8 Å². The van der Waals surface area contributed by atoms with E-state index in [4.69, 9.17) is 4.74 Å². The van der Waals surface area contributed by atoms with Crippen LogP contribution in [-0.2, 0) is 9.53 Å². The quantitative estimate of drug-likeness (QED) is 0.816.